The number of aromatic nitrogens is 2. The van der Waals surface area contributed by atoms with Crippen molar-refractivity contribution in [1.29, 1.82) is 0 Å². The third-order valence-corrected chi connectivity index (χ3v) is 8.12. The number of rotatable bonds is 13. The number of methoxy groups -OCH3 is 2. The van der Waals surface area contributed by atoms with E-state index >= 15 is 0 Å². The highest BCUT2D eigenvalue weighted by atomic mass is 16.5. The number of hydrogen-bond acceptors (Lipinski definition) is 6. The van der Waals surface area contributed by atoms with Crippen LogP contribution in [0.2, 0.25) is 0 Å². The number of H-pyrrole nitrogens is 1. The summed E-state index contributed by atoms with van der Waals surface area (Å²) in [6, 6.07) is 17.2. The van der Waals surface area contributed by atoms with Crippen LogP contribution in [-0.4, -0.2) is 53.5 Å². The summed E-state index contributed by atoms with van der Waals surface area (Å²) in [5.41, 5.74) is 6.08. The maximum atomic E-state index is 13.9. The van der Waals surface area contributed by atoms with E-state index < -0.39 is 6.04 Å². The van der Waals surface area contributed by atoms with Gasteiger partial charge in [-0.25, -0.2) is 0 Å². The van der Waals surface area contributed by atoms with Crippen LogP contribution in [0.1, 0.15) is 77.0 Å². The van der Waals surface area contributed by atoms with Crippen molar-refractivity contribution < 1.29 is 24.1 Å². The number of aromatic hydroxyl groups is 1. The van der Waals surface area contributed by atoms with E-state index in [4.69, 9.17) is 14.2 Å². The summed E-state index contributed by atoms with van der Waals surface area (Å²) in [7, 11) is 3.28. The van der Waals surface area contributed by atoms with Crippen LogP contribution in [0.3, 0.4) is 0 Å². The molecular weight excluding hydrogens is 542 g/mol. The van der Waals surface area contributed by atoms with Crippen molar-refractivity contribution in [2.24, 2.45) is 0 Å². The maximum absolute atomic E-state index is 13.9. The number of unbranched alkanes of at least 4 members (excludes halogenated alkanes) is 3. The number of carbonyl (C=O) groups excluding carboxylic acids is 1. The van der Waals surface area contributed by atoms with Crippen LogP contribution >= 0.6 is 0 Å². The van der Waals surface area contributed by atoms with Gasteiger partial charge in [-0.2, -0.15) is 5.10 Å². The van der Waals surface area contributed by atoms with E-state index in [2.05, 4.69) is 17.1 Å². The third kappa shape index (κ3) is 6.19. The van der Waals surface area contributed by atoms with Gasteiger partial charge in [-0.3, -0.25) is 9.89 Å². The van der Waals surface area contributed by atoms with Crippen molar-refractivity contribution in [2.45, 2.75) is 58.9 Å². The summed E-state index contributed by atoms with van der Waals surface area (Å²) in [6.07, 6.45) is 5.12. The first kappa shape index (κ1) is 30.0. The Balaban J connectivity index is 1.53. The fourth-order valence-corrected chi connectivity index (χ4v) is 5.85. The topological polar surface area (TPSA) is 96.9 Å². The Kier molecular flexibility index (Phi) is 9.24. The lowest BCUT2D eigenvalue weighted by atomic mass is 9.93. The second-order valence-electron chi connectivity index (χ2n) is 11.2. The second-order valence-corrected chi connectivity index (χ2v) is 11.2. The van der Waals surface area contributed by atoms with Crippen LogP contribution in [0.25, 0.3) is 11.3 Å². The van der Waals surface area contributed by atoms with Gasteiger partial charge in [-0.05, 0) is 79.3 Å². The summed E-state index contributed by atoms with van der Waals surface area (Å²) in [5.74, 6) is 2.11. The minimum atomic E-state index is -0.442. The number of nitrogens with zero attached hydrogens (tertiary/aromatic N) is 2. The maximum Gasteiger partial charge on any atom is 0.273 e. The molecule has 2 heterocycles. The van der Waals surface area contributed by atoms with E-state index in [9.17, 15) is 9.90 Å². The largest absolute Gasteiger partial charge is 0.507 e. The van der Waals surface area contributed by atoms with Gasteiger partial charge in [0, 0.05) is 17.7 Å². The van der Waals surface area contributed by atoms with Gasteiger partial charge in [-0.15, -0.1) is 0 Å². The molecule has 0 fully saturated rings. The predicted molar refractivity (Wildman–Crippen MR) is 167 cm³/mol. The molecule has 8 heteroatoms. The molecule has 1 unspecified atom stereocenters. The normalized spacial score (nSPS) is 14.2. The highest BCUT2D eigenvalue weighted by molar-refractivity contribution is 6.00. The molecule has 3 aromatic carbocycles. The number of carbonyl (C=O) groups is 1. The highest BCUT2D eigenvalue weighted by Crippen LogP contribution is 2.46. The van der Waals surface area contributed by atoms with E-state index in [0.29, 0.717) is 48.0 Å². The van der Waals surface area contributed by atoms with Gasteiger partial charge in [0.1, 0.15) is 22.9 Å². The summed E-state index contributed by atoms with van der Waals surface area (Å²) in [6.45, 7) is 7.14. The van der Waals surface area contributed by atoms with Crippen LogP contribution in [0.5, 0.6) is 23.0 Å². The number of aryl methyl sites for hydroxylation is 2. The summed E-state index contributed by atoms with van der Waals surface area (Å²) in [4.78, 5) is 15.8. The Morgan fingerprint density at radius 1 is 0.953 bits per heavy atom. The number of phenols is 1. The lowest BCUT2D eigenvalue weighted by Crippen LogP contribution is -2.31. The van der Waals surface area contributed by atoms with Crippen molar-refractivity contribution in [3.63, 3.8) is 0 Å². The average Bonchev–Trinajstić information content (AvgIpc) is 3.56. The van der Waals surface area contributed by atoms with Gasteiger partial charge in [-0.1, -0.05) is 50.5 Å². The molecule has 1 amide bonds. The molecule has 43 heavy (non-hydrogen) atoms. The lowest BCUT2D eigenvalue weighted by Gasteiger charge is -2.27. The summed E-state index contributed by atoms with van der Waals surface area (Å²) >= 11 is 0. The van der Waals surface area contributed by atoms with E-state index in [0.717, 1.165) is 46.4 Å². The van der Waals surface area contributed by atoms with Crippen LogP contribution in [-0.2, 0) is 6.42 Å². The van der Waals surface area contributed by atoms with Crippen molar-refractivity contribution in [3.8, 4) is 34.3 Å². The first-order valence-electron chi connectivity index (χ1n) is 15.0. The Hall–Kier alpha value is -4.46. The highest BCUT2D eigenvalue weighted by Gasteiger charge is 2.42. The smallest absolute Gasteiger partial charge is 0.273 e. The number of phenolic OH excluding ortho intramolecular Hbond substituents is 1. The molecule has 0 aliphatic carbocycles. The minimum absolute atomic E-state index is 0.133. The predicted octanol–water partition coefficient (Wildman–Crippen LogP) is 7.16. The Morgan fingerprint density at radius 3 is 2.47 bits per heavy atom. The van der Waals surface area contributed by atoms with Crippen LogP contribution < -0.4 is 14.2 Å². The average molecular weight is 584 g/mol. The number of fused-ring (bicyclic) bond motifs is 1. The molecule has 5 rings (SSSR count). The monoisotopic (exact) mass is 583 g/mol. The molecule has 2 N–H and O–H groups in total. The second kappa shape index (κ2) is 13.2. The fourth-order valence-electron chi connectivity index (χ4n) is 5.85. The van der Waals surface area contributed by atoms with Crippen LogP contribution in [0.15, 0.2) is 54.6 Å². The number of ether oxygens (including phenoxy) is 3. The molecule has 1 aliphatic heterocycles. The zero-order valence-electron chi connectivity index (χ0n) is 25.7. The van der Waals surface area contributed by atoms with Gasteiger partial charge >= 0.3 is 0 Å². The summed E-state index contributed by atoms with van der Waals surface area (Å²) in [5, 5.41) is 18.6. The van der Waals surface area contributed by atoms with Gasteiger partial charge in [0.25, 0.3) is 5.91 Å². The molecule has 226 valence electrons. The molecular formula is C35H41N3O5. The van der Waals surface area contributed by atoms with Crippen molar-refractivity contribution in [2.75, 3.05) is 27.4 Å². The first-order chi connectivity index (χ1) is 20.9. The van der Waals surface area contributed by atoms with Gasteiger partial charge in [0.15, 0.2) is 11.5 Å². The number of hydrogen-bond donors (Lipinski definition) is 2. The van der Waals surface area contributed by atoms with Crippen LogP contribution in [0.4, 0.5) is 0 Å². The fraction of sp³-hybridized carbons (Fsp3) is 0.371. The zero-order chi connectivity index (χ0) is 30.5. The van der Waals surface area contributed by atoms with Gasteiger partial charge in [0.2, 0.25) is 0 Å². The van der Waals surface area contributed by atoms with Crippen molar-refractivity contribution in [3.05, 3.63) is 88.1 Å². The molecule has 1 atom stereocenters. The van der Waals surface area contributed by atoms with Gasteiger partial charge < -0.3 is 24.2 Å². The number of nitrogens with one attached hydrogen (secondary N) is 1. The molecule has 0 saturated heterocycles. The van der Waals surface area contributed by atoms with E-state index in [-0.39, 0.29) is 11.7 Å². The van der Waals surface area contributed by atoms with E-state index in [1.165, 1.54) is 12.8 Å². The minimum Gasteiger partial charge on any atom is -0.507 e. The quantitative estimate of drug-likeness (QED) is 0.162. The van der Waals surface area contributed by atoms with Crippen molar-refractivity contribution >= 4 is 5.91 Å². The van der Waals surface area contributed by atoms with Crippen molar-refractivity contribution in [1.82, 2.24) is 15.1 Å². The SMILES string of the molecule is CCCCCCOc1ccc(C2c3c(-c4cc(C)cc(C)c4O)n[nH]c3C(=O)N2CCc2ccc(OC)cc2)cc1OC. The van der Waals surface area contributed by atoms with E-state index in [1.54, 1.807) is 14.2 Å². The molecule has 0 saturated carbocycles. The lowest BCUT2D eigenvalue weighted by molar-refractivity contribution is 0.0745. The third-order valence-electron chi connectivity index (χ3n) is 8.12. The molecule has 4 aromatic rings. The number of aromatic amines is 1. The zero-order valence-corrected chi connectivity index (χ0v) is 25.7. The standard InChI is InChI=1S/C35H41N3O5/c1-6-7-8-9-18-43-28-15-12-25(21-29(28)42-5)33-30-31(27-20-22(2)19-23(3)34(27)39)36-37-32(30)35(40)38(33)17-16-24-10-13-26(41-4)14-11-24/h10-15,19-21,33,39H,6-9,16-18H2,1-5H3,(H,36,37). The van der Waals surface area contributed by atoms with E-state index in [1.807, 2.05) is 73.3 Å². The molecule has 1 aliphatic rings. The van der Waals surface area contributed by atoms with Gasteiger partial charge in [0.05, 0.1) is 26.9 Å². The molecule has 8 nitrogen and oxygen atoms in total. The molecule has 1 aromatic heterocycles. The number of amides is 1. The molecule has 0 spiro atoms. The molecule has 0 radical (unpaired) electrons. The summed E-state index contributed by atoms with van der Waals surface area (Å²) < 4.78 is 17.2. The Bertz CT molecular complexity index is 1580. The molecule has 0 bridgehead atoms. The Morgan fingerprint density at radius 2 is 1.74 bits per heavy atom. The number of benzene rings is 3. The first-order valence-corrected chi connectivity index (χ1v) is 15.0. The van der Waals surface area contributed by atoms with Crippen LogP contribution in [0, 0.1) is 13.8 Å². The Labute approximate surface area is 253 Å².